The van der Waals surface area contributed by atoms with Crippen LogP contribution in [0.15, 0.2) is 11.3 Å². The lowest BCUT2D eigenvalue weighted by atomic mass is 10.5. The molecule has 0 heterocycles. The second-order valence-corrected chi connectivity index (χ2v) is 13.0. The van der Waals surface area contributed by atoms with E-state index in [1.165, 1.54) is 18.1 Å². The first-order chi connectivity index (χ1) is 7.87. The van der Waals surface area contributed by atoms with E-state index in [1.54, 1.807) is 5.20 Å². The van der Waals surface area contributed by atoms with Crippen molar-refractivity contribution in [3.05, 3.63) is 11.3 Å². The Kier molecular flexibility index (Phi) is 8.24. The Bertz CT molecular complexity index is 262. The Morgan fingerprint density at radius 2 is 2.06 bits per heavy atom. The molecule has 0 aliphatic rings. The molecule has 0 aromatic carbocycles. The molecule has 0 aromatic rings. The minimum atomic E-state index is -1.15. The molecule has 17 heavy (non-hydrogen) atoms. The minimum Gasteiger partial charge on any atom is -0.450 e. The molecule has 0 amide bonds. The number of ether oxygens (including phenoxy) is 1. The summed E-state index contributed by atoms with van der Waals surface area (Å²) in [5.41, 5.74) is 0. The van der Waals surface area contributed by atoms with Crippen molar-refractivity contribution in [1.82, 2.24) is 0 Å². The molecule has 0 spiro atoms. The highest BCUT2D eigenvalue weighted by Gasteiger charge is 2.19. The van der Waals surface area contributed by atoms with Crippen LogP contribution in [0.1, 0.15) is 20.3 Å². The molecule has 0 aliphatic carbocycles. The predicted octanol–water partition coefficient (Wildman–Crippen LogP) is 3.29. The van der Waals surface area contributed by atoms with Gasteiger partial charge >= 0.3 is 6.16 Å². The summed E-state index contributed by atoms with van der Waals surface area (Å²) >= 11 is 0. The maximum absolute atomic E-state index is 10.2. The molecule has 0 aromatic heterocycles. The third-order valence-corrected chi connectivity index (χ3v) is 9.17. The Balaban J connectivity index is 3.68. The molecule has 0 saturated carbocycles. The highest BCUT2D eigenvalue weighted by atomic mass is 28.3. The van der Waals surface area contributed by atoms with Gasteiger partial charge in [-0.1, -0.05) is 42.5 Å². The zero-order chi connectivity index (χ0) is 13.3. The third kappa shape index (κ3) is 10.3. The van der Waals surface area contributed by atoms with Crippen molar-refractivity contribution >= 4 is 23.7 Å². The van der Waals surface area contributed by atoms with Crippen LogP contribution in [0, 0.1) is 0 Å². The van der Waals surface area contributed by atoms with Crippen LogP contribution in [0.5, 0.6) is 0 Å². The lowest BCUT2D eigenvalue weighted by molar-refractivity contribution is 0.0917. The SMILES string of the molecule is CC=C(C)[SiH2]CC[Si](C)(C)CCCOC(=O)O. The molecule has 0 unspecified atom stereocenters. The van der Waals surface area contributed by atoms with Gasteiger partial charge in [0.25, 0.3) is 0 Å². The van der Waals surface area contributed by atoms with E-state index in [1.807, 2.05) is 0 Å². The zero-order valence-electron chi connectivity index (χ0n) is 11.6. The molecular formula is C12H26O3Si2. The quantitative estimate of drug-likeness (QED) is 0.420. The van der Waals surface area contributed by atoms with Gasteiger partial charge in [-0.15, -0.1) is 0 Å². The van der Waals surface area contributed by atoms with Gasteiger partial charge in [0, 0.05) is 17.6 Å². The van der Waals surface area contributed by atoms with Crippen LogP contribution in [0.4, 0.5) is 4.79 Å². The molecule has 0 rings (SSSR count). The Morgan fingerprint density at radius 1 is 1.41 bits per heavy atom. The minimum absolute atomic E-state index is 0.0150. The van der Waals surface area contributed by atoms with E-state index >= 15 is 0 Å². The van der Waals surface area contributed by atoms with E-state index < -0.39 is 14.2 Å². The molecule has 100 valence electrons. The van der Waals surface area contributed by atoms with Crippen LogP contribution in [0.3, 0.4) is 0 Å². The topological polar surface area (TPSA) is 46.5 Å². The molecular weight excluding hydrogens is 248 g/mol. The van der Waals surface area contributed by atoms with Crippen molar-refractivity contribution in [1.29, 1.82) is 0 Å². The lowest BCUT2D eigenvalue weighted by Gasteiger charge is -2.22. The van der Waals surface area contributed by atoms with Crippen molar-refractivity contribution in [2.75, 3.05) is 6.61 Å². The van der Waals surface area contributed by atoms with Gasteiger partial charge in [-0.05, 0) is 20.3 Å². The van der Waals surface area contributed by atoms with Crippen molar-refractivity contribution < 1.29 is 14.6 Å². The Morgan fingerprint density at radius 3 is 2.59 bits per heavy atom. The van der Waals surface area contributed by atoms with Crippen LogP contribution in [0.2, 0.25) is 31.2 Å². The average molecular weight is 275 g/mol. The maximum atomic E-state index is 10.2. The number of rotatable bonds is 8. The van der Waals surface area contributed by atoms with Crippen molar-refractivity contribution in [3.63, 3.8) is 0 Å². The van der Waals surface area contributed by atoms with Gasteiger partial charge in [-0.25, -0.2) is 4.79 Å². The van der Waals surface area contributed by atoms with Gasteiger partial charge in [0.15, 0.2) is 0 Å². The van der Waals surface area contributed by atoms with Crippen molar-refractivity contribution in [2.24, 2.45) is 0 Å². The molecule has 0 radical (unpaired) electrons. The molecule has 0 fully saturated rings. The number of hydrogen-bond donors (Lipinski definition) is 1. The molecule has 0 bridgehead atoms. The van der Waals surface area contributed by atoms with E-state index in [-0.39, 0.29) is 9.52 Å². The Labute approximate surface area is 108 Å². The largest absolute Gasteiger partial charge is 0.505 e. The van der Waals surface area contributed by atoms with Gasteiger partial charge in [-0.3, -0.25) is 0 Å². The van der Waals surface area contributed by atoms with Crippen molar-refractivity contribution in [2.45, 2.75) is 51.5 Å². The van der Waals surface area contributed by atoms with E-state index in [9.17, 15) is 4.79 Å². The molecule has 0 aliphatic heterocycles. The normalized spacial score (nSPS) is 13.3. The van der Waals surface area contributed by atoms with Gasteiger partial charge in [0.05, 0.1) is 6.61 Å². The second kappa shape index (κ2) is 8.52. The fourth-order valence-electron chi connectivity index (χ4n) is 1.83. The summed E-state index contributed by atoms with van der Waals surface area (Å²) in [5.74, 6) is 0. The molecule has 1 N–H and O–H groups in total. The summed E-state index contributed by atoms with van der Waals surface area (Å²) in [6.07, 6.45) is 1.97. The molecule has 5 heteroatoms. The van der Waals surface area contributed by atoms with E-state index in [0.29, 0.717) is 6.61 Å². The van der Waals surface area contributed by atoms with Gasteiger partial charge in [0.2, 0.25) is 0 Å². The van der Waals surface area contributed by atoms with E-state index in [2.05, 4.69) is 37.8 Å². The summed E-state index contributed by atoms with van der Waals surface area (Å²) in [4.78, 5) is 10.2. The summed E-state index contributed by atoms with van der Waals surface area (Å²) in [5, 5.41) is 9.96. The molecule has 0 atom stereocenters. The van der Waals surface area contributed by atoms with E-state index in [4.69, 9.17) is 5.11 Å². The first-order valence-corrected chi connectivity index (χ1v) is 11.5. The highest BCUT2D eigenvalue weighted by molar-refractivity contribution is 6.78. The van der Waals surface area contributed by atoms with Crippen LogP contribution in [-0.2, 0) is 4.74 Å². The van der Waals surface area contributed by atoms with Crippen LogP contribution >= 0.6 is 0 Å². The smallest absolute Gasteiger partial charge is 0.450 e. The third-order valence-electron chi connectivity index (χ3n) is 3.14. The lowest BCUT2D eigenvalue weighted by Crippen LogP contribution is -2.26. The fraction of sp³-hybridized carbons (Fsp3) is 0.750. The molecule has 0 saturated heterocycles. The average Bonchev–Trinajstić information content (AvgIpc) is 2.23. The van der Waals surface area contributed by atoms with Gasteiger partial charge in [0.1, 0.15) is 0 Å². The zero-order valence-corrected chi connectivity index (χ0v) is 14.0. The van der Waals surface area contributed by atoms with Crippen LogP contribution in [0.25, 0.3) is 0 Å². The number of allylic oxidation sites excluding steroid dienone is 2. The standard InChI is InChI=1S/C12H26O3Si2/c1-5-11(2)16-8-10-17(3,4)9-6-7-15-12(13)14/h5H,6-10,16H2,1-4H3,(H,13,14). The summed E-state index contributed by atoms with van der Waals surface area (Å²) in [6.45, 7) is 9.51. The van der Waals surface area contributed by atoms with Gasteiger partial charge < -0.3 is 9.84 Å². The van der Waals surface area contributed by atoms with Crippen molar-refractivity contribution in [3.8, 4) is 0 Å². The number of hydrogen-bond acceptors (Lipinski definition) is 2. The number of carboxylic acid groups (broad SMARTS) is 1. The predicted molar refractivity (Wildman–Crippen MR) is 78.5 cm³/mol. The first kappa shape index (κ1) is 16.4. The summed E-state index contributed by atoms with van der Waals surface area (Å²) < 4.78 is 4.54. The van der Waals surface area contributed by atoms with Crippen LogP contribution in [-0.4, -0.2) is 35.5 Å². The summed E-state index contributed by atoms with van der Waals surface area (Å²) in [6, 6.07) is 3.94. The molecule has 3 nitrogen and oxygen atoms in total. The van der Waals surface area contributed by atoms with Gasteiger partial charge in [-0.2, -0.15) is 0 Å². The Hall–Kier alpha value is -0.556. The van der Waals surface area contributed by atoms with Crippen LogP contribution < -0.4 is 0 Å². The van der Waals surface area contributed by atoms with E-state index in [0.717, 1.165) is 6.42 Å². The fourth-order valence-corrected chi connectivity index (χ4v) is 8.56. The first-order valence-electron chi connectivity index (χ1n) is 6.35. The summed E-state index contributed by atoms with van der Waals surface area (Å²) in [7, 11) is -1.14. The highest BCUT2D eigenvalue weighted by Crippen LogP contribution is 2.20. The monoisotopic (exact) mass is 274 g/mol. The second-order valence-electron chi connectivity index (χ2n) is 5.37. The number of carbonyl (C=O) groups is 1. The maximum Gasteiger partial charge on any atom is 0.505 e.